The van der Waals surface area contributed by atoms with Crippen molar-refractivity contribution >= 4 is 22.7 Å². The first-order valence-electron chi connectivity index (χ1n) is 13.8. The summed E-state index contributed by atoms with van der Waals surface area (Å²) < 4.78 is 13.3. The maximum absolute atomic E-state index is 10.8. The standard InChI is InChI=1S/C32H30N6O5/c33-14-24-26-29(34)36-18-37-31(26)38(32-28(41)27(40)25(16-39)43-32)30(24)35-15-19-9-11-21(12-10-19)22-7-4-8-23(13-22)42-17-20-5-2-1-3-6-20/h1-13,18,25,27-28,32,35,39-41H,15-17H2,(H2,34,36,37)/t25-,27-,28-,32-/m1/s1. The molecule has 2 aromatic heterocycles. The Bertz CT molecular complexity index is 1770. The normalized spacial score (nSPS) is 19.8. The van der Waals surface area contributed by atoms with Crippen LogP contribution >= 0.6 is 0 Å². The summed E-state index contributed by atoms with van der Waals surface area (Å²) in [5, 5.41) is 44.5. The minimum absolute atomic E-state index is 0.0921. The molecule has 6 rings (SSSR count). The van der Waals surface area contributed by atoms with Gasteiger partial charge in [0.1, 0.15) is 60.3 Å². The number of anilines is 2. The van der Waals surface area contributed by atoms with Crippen molar-refractivity contribution in [1.82, 2.24) is 14.5 Å². The van der Waals surface area contributed by atoms with Crippen molar-refractivity contribution in [1.29, 1.82) is 5.26 Å². The van der Waals surface area contributed by atoms with E-state index < -0.39 is 31.1 Å². The lowest BCUT2D eigenvalue weighted by Crippen LogP contribution is -2.33. The number of ether oxygens (including phenoxy) is 2. The molecule has 43 heavy (non-hydrogen) atoms. The molecule has 3 heterocycles. The summed E-state index contributed by atoms with van der Waals surface area (Å²) in [6.45, 7) is 0.303. The van der Waals surface area contributed by atoms with E-state index in [1.807, 2.05) is 78.9 Å². The Morgan fingerprint density at radius 3 is 2.47 bits per heavy atom. The van der Waals surface area contributed by atoms with Crippen molar-refractivity contribution in [2.24, 2.45) is 0 Å². The molecule has 6 N–H and O–H groups in total. The topological polar surface area (TPSA) is 172 Å². The first-order chi connectivity index (χ1) is 21.0. The lowest BCUT2D eigenvalue weighted by Gasteiger charge is -2.21. The van der Waals surface area contributed by atoms with Gasteiger partial charge in [0.05, 0.1) is 12.0 Å². The number of nitrogens with zero attached hydrogens (tertiary/aromatic N) is 4. The van der Waals surface area contributed by atoms with Gasteiger partial charge >= 0.3 is 0 Å². The van der Waals surface area contributed by atoms with Crippen molar-refractivity contribution in [3.05, 3.63) is 102 Å². The van der Waals surface area contributed by atoms with Gasteiger partial charge in [0.25, 0.3) is 0 Å². The van der Waals surface area contributed by atoms with Crippen LogP contribution in [0.5, 0.6) is 5.75 Å². The minimum atomic E-state index is -1.39. The molecule has 1 aliphatic heterocycles. The van der Waals surface area contributed by atoms with Crippen LogP contribution in [-0.2, 0) is 17.9 Å². The SMILES string of the molecule is N#Cc1c(NCc2ccc(-c3cccc(OCc4ccccc4)c3)cc2)n([C@@H]2O[C@H](CO)[C@@H](O)[C@H]2O)c2ncnc(N)c12. The molecule has 1 saturated heterocycles. The molecular weight excluding hydrogens is 548 g/mol. The maximum Gasteiger partial charge on any atom is 0.166 e. The molecular formula is C32H30N6O5. The second kappa shape index (κ2) is 12.1. The summed E-state index contributed by atoms with van der Waals surface area (Å²) in [5.41, 5.74) is 10.6. The molecule has 5 aromatic rings. The number of fused-ring (bicyclic) bond motifs is 1. The highest BCUT2D eigenvalue weighted by molar-refractivity contribution is 5.97. The zero-order valence-corrected chi connectivity index (χ0v) is 23.0. The molecule has 0 spiro atoms. The lowest BCUT2D eigenvalue weighted by molar-refractivity contribution is -0.0499. The van der Waals surface area contributed by atoms with E-state index in [4.69, 9.17) is 15.2 Å². The number of nitrogens with one attached hydrogen (secondary N) is 1. The molecule has 0 amide bonds. The van der Waals surface area contributed by atoms with Gasteiger partial charge in [-0.1, -0.05) is 66.7 Å². The van der Waals surface area contributed by atoms with E-state index >= 15 is 0 Å². The number of hydrogen-bond acceptors (Lipinski definition) is 10. The van der Waals surface area contributed by atoms with Gasteiger partial charge in [0, 0.05) is 6.54 Å². The predicted molar refractivity (Wildman–Crippen MR) is 160 cm³/mol. The molecule has 0 unspecified atom stereocenters. The van der Waals surface area contributed by atoms with Crippen LogP contribution in [0.15, 0.2) is 85.2 Å². The fourth-order valence-electron chi connectivity index (χ4n) is 5.29. The number of nitrogens with two attached hydrogens (primary N) is 1. The van der Waals surface area contributed by atoms with E-state index in [9.17, 15) is 20.6 Å². The molecule has 0 aliphatic carbocycles. The first-order valence-corrected chi connectivity index (χ1v) is 13.8. The zero-order chi connectivity index (χ0) is 29.9. The van der Waals surface area contributed by atoms with Crippen LogP contribution < -0.4 is 15.8 Å². The molecule has 0 radical (unpaired) electrons. The van der Waals surface area contributed by atoms with Crippen LogP contribution in [0.3, 0.4) is 0 Å². The summed E-state index contributed by atoms with van der Waals surface area (Å²) in [6.07, 6.45) is -3.61. The summed E-state index contributed by atoms with van der Waals surface area (Å²) in [4.78, 5) is 8.32. The number of nitriles is 1. The van der Waals surface area contributed by atoms with Crippen LogP contribution in [0.2, 0.25) is 0 Å². The van der Waals surface area contributed by atoms with E-state index in [1.165, 1.54) is 10.9 Å². The Labute approximate surface area is 247 Å². The molecule has 218 valence electrons. The third-order valence-electron chi connectivity index (χ3n) is 7.53. The Hall–Kier alpha value is -4.99. The van der Waals surface area contributed by atoms with Crippen molar-refractivity contribution in [2.75, 3.05) is 17.7 Å². The number of benzene rings is 3. The van der Waals surface area contributed by atoms with Crippen LogP contribution in [0, 0.1) is 11.3 Å². The maximum atomic E-state index is 10.8. The van der Waals surface area contributed by atoms with Crippen LogP contribution in [0.25, 0.3) is 22.2 Å². The molecule has 1 aliphatic rings. The summed E-state index contributed by atoms with van der Waals surface area (Å²) >= 11 is 0. The predicted octanol–water partition coefficient (Wildman–Crippen LogP) is 3.35. The quantitative estimate of drug-likeness (QED) is 0.175. The highest BCUT2D eigenvalue weighted by Gasteiger charge is 2.45. The van der Waals surface area contributed by atoms with Gasteiger partial charge in [-0.15, -0.1) is 0 Å². The first kappa shape index (κ1) is 28.1. The summed E-state index contributed by atoms with van der Waals surface area (Å²) in [5.74, 6) is 1.16. The van der Waals surface area contributed by atoms with E-state index in [1.54, 1.807) is 0 Å². The van der Waals surface area contributed by atoms with Gasteiger partial charge < -0.3 is 35.8 Å². The average Bonchev–Trinajstić information content (AvgIpc) is 3.52. The summed E-state index contributed by atoms with van der Waals surface area (Å²) in [7, 11) is 0. The van der Waals surface area contributed by atoms with Gasteiger partial charge in [-0.3, -0.25) is 4.57 Å². The number of nitrogen functional groups attached to an aromatic ring is 1. The number of hydrogen-bond donors (Lipinski definition) is 5. The van der Waals surface area contributed by atoms with Crippen LogP contribution in [0.4, 0.5) is 11.6 Å². The van der Waals surface area contributed by atoms with Crippen molar-refractivity contribution in [3.8, 4) is 22.9 Å². The highest BCUT2D eigenvalue weighted by atomic mass is 16.6. The third-order valence-corrected chi connectivity index (χ3v) is 7.53. The van der Waals surface area contributed by atoms with Gasteiger partial charge in [0.15, 0.2) is 11.9 Å². The third kappa shape index (κ3) is 5.48. The Morgan fingerprint density at radius 1 is 0.953 bits per heavy atom. The second-order valence-corrected chi connectivity index (χ2v) is 10.2. The Kier molecular flexibility index (Phi) is 7.91. The molecule has 1 fully saturated rings. The van der Waals surface area contributed by atoms with Crippen LogP contribution in [-0.4, -0.2) is 54.8 Å². The number of rotatable bonds is 9. The minimum Gasteiger partial charge on any atom is -0.489 e. The van der Waals surface area contributed by atoms with Crippen molar-refractivity contribution < 1.29 is 24.8 Å². The Balaban J connectivity index is 1.24. The fourth-order valence-corrected chi connectivity index (χ4v) is 5.29. The van der Waals surface area contributed by atoms with E-state index in [0.717, 1.165) is 28.0 Å². The fraction of sp³-hybridized carbons (Fsp3) is 0.219. The van der Waals surface area contributed by atoms with Gasteiger partial charge in [-0.05, 0) is 34.4 Å². The molecule has 0 bridgehead atoms. The van der Waals surface area contributed by atoms with E-state index in [-0.39, 0.29) is 17.0 Å². The van der Waals surface area contributed by atoms with E-state index in [2.05, 4.69) is 21.4 Å². The van der Waals surface area contributed by atoms with Gasteiger partial charge in [0.2, 0.25) is 0 Å². The van der Waals surface area contributed by atoms with Gasteiger partial charge in [-0.2, -0.15) is 5.26 Å². The highest BCUT2D eigenvalue weighted by Crippen LogP contribution is 2.39. The largest absolute Gasteiger partial charge is 0.489 e. The summed E-state index contributed by atoms with van der Waals surface area (Å²) in [6, 6.07) is 28.0. The molecule has 4 atom stereocenters. The van der Waals surface area contributed by atoms with Crippen LogP contribution in [0.1, 0.15) is 22.9 Å². The monoisotopic (exact) mass is 578 g/mol. The number of aliphatic hydroxyl groups is 3. The van der Waals surface area contributed by atoms with E-state index in [0.29, 0.717) is 24.4 Å². The number of aromatic nitrogens is 3. The smallest absolute Gasteiger partial charge is 0.166 e. The van der Waals surface area contributed by atoms with Gasteiger partial charge in [-0.25, -0.2) is 9.97 Å². The average molecular weight is 579 g/mol. The van der Waals surface area contributed by atoms with Crippen molar-refractivity contribution in [2.45, 2.75) is 37.7 Å². The lowest BCUT2D eigenvalue weighted by atomic mass is 10.0. The molecule has 0 saturated carbocycles. The van der Waals surface area contributed by atoms with Crippen molar-refractivity contribution in [3.63, 3.8) is 0 Å². The Morgan fingerprint density at radius 2 is 1.74 bits per heavy atom. The second-order valence-electron chi connectivity index (χ2n) is 10.2. The molecule has 3 aromatic carbocycles. The number of aliphatic hydroxyl groups excluding tert-OH is 3. The zero-order valence-electron chi connectivity index (χ0n) is 23.0. The molecule has 11 heteroatoms. The molecule has 11 nitrogen and oxygen atoms in total.